The Morgan fingerprint density at radius 3 is 1.31 bits per heavy atom. The fraction of sp³-hybridized carbons (Fsp3) is 0.400. The van der Waals surface area contributed by atoms with E-state index in [4.69, 9.17) is 88.3 Å². The lowest BCUT2D eigenvalue weighted by Crippen LogP contribution is -1.90. The number of hydrogen-bond acceptors (Lipinski definition) is 2. The van der Waals surface area contributed by atoms with Gasteiger partial charge in [0.1, 0.15) is 7.50 Å². The van der Waals surface area contributed by atoms with Gasteiger partial charge in [-0.25, -0.2) is 0 Å². The molecule has 2 aromatic rings. The number of hydrogen-bond donors (Lipinski definition) is 1. The summed E-state index contributed by atoms with van der Waals surface area (Å²) in [7, 11) is -0.925. The molecule has 16 heteroatoms. The predicted molar refractivity (Wildman–Crippen MR) is 188 cm³/mol. The molecule has 0 aromatic heterocycles. The van der Waals surface area contributed by atoms with Crippen molar-refractivity contribution in [3.63, 3.8) is 0 Å². The Morgan fingerprint density at radius 1 is 0.639 bits per heavy atom. The quantitative estimate of drug-likeness (QED) is 0.244. The van der Waals surface area contributed by atoms with Crippen LogP contribution in [-0.2, 0) is 17.7 Å². The predicted octanol–water partition coefficient (Wildman–Crippen LogP) is 12.4. The number of aryl methyl sites for hydroxylation is 2. The molecule has 3 unspecified atom stereocenters. The van der Waals surface area contributed by atoms with Gasteiger partial charge >= 0.3 is 0 Å². The van der Waals surface area contributed by atoms with Crippen LogP contribution in [0.5, 0.6) is 0 Å². The second kappa shape index (κ2) is 29.4. The fourth-order valence-corrected chi connectivity index (χ4v) is 9.66. The fourth-order valence-electron chi connectivity index (χ4n) is 1.89. The van der Waals surface area contributed by atoms with Gasteiger partial charge in [0.2, 0.25) is 0 Å². The van der Waals surface area contributed by atoms with Gasteiger partial charge in [-0.05, 0) is 25.0 Å². The van der Waals surface area contributed by atoms with Gasteiger partial charge in [-0.15, -0.1) is 0 Å². The number of aliphatic hydroxyl groups is 1. The van der Waals surface area contributed by atoms with Crippen LogP contribution in [0.25, 0.3) is 0 Å². The van der Waals surface area contributed by atoms with Crippen LogP contribution in [0.4, 0.5) is 4.70 Å². The highest BCUT2D eigenvalue weighted by atomic mass is 35.9. The van der Waals surface area contributed by atoms with E-state index in [1.165, 1.54) is 11.1 Å². The standard InChI is InChI=1S/C10H13Cl3OP2.C8H10O.C2H4Cl4P2.FH.2H3P.H2/c1-9-2-4-10(5-3-9)8-14-16(13)7-6-15(11)12;1-7-2-4-8(6-9)5-3-7;3-7(4)1-2-8(5)6;;;;/h2-5H,6-8H2,1H3;2-5,9H,6H2,1H3;1-2H2;1H;2*1H3;1H/i;;;;;;1+2. The highest BCUT2D eigenvalue weighted by molar-refractivity contribution is 8.06. The van der Waals surface area contributed by atoms with Crippen molar-refractivity contribution in [3.8, 4) is 0 Å². The van der Waals surface area contributed by atoms with Gasteiger partial charge in [0.15, 0.2) is 0 Å². The molecule has 0 spiro atoms. The van der Waals surface area contributed by atoms with Crippen LogP contribution in [0.15, 0.2) is 48.5 Å². The van der Waals surface area contributed by atoms with Crippen LogP contribution in [-0.4, -0.2) is 29.8 Å². The van der Waals surface area contributed by atoms with Gasteiger partial charge in [-0.3, -0.25) is 4.70 Å². The normalized spacial score (nSPS) is 10.7. The summed E-state index contributed by atoms with van der Waals surface area (Å²) in [6, 6.07) is 16.1. The highest BCUT2D eigenvalue weighted by Gasteiger charge is 2.08. The molecule has 2 rings (SSSR count). The van der Waals surface area contributed by atoms with E-state index in [9.17, 15) is 0 Å². The first kappa shape index (κ1) is 45.9. The maximum Gasteiger partial charge on any atom is 0.125 e. The summed E-state index contributed by atoms with van der Waals surface area (Å²) in [6.07, 6.45) is 2.98. The summed E-state index contributed by atoms with van der Waals surface area (Å²) in [6.45, 7) is 2.19. The second-order valence-electron chi connectivity index (χ2n) is 6.52. The lowest BCUT2D eigenvalue weighted by Gasteiger charge is -2.10. The molecule has 2 nitrogen and oxygen atoms in total. The summed E-state index contributed by atoms with van der Waals surface area (Å²) >= 11 is 39.2. The van der Waals surface area contributed by atoms with Crippen molar-refractivity contribution in [2.75, 3.05) is 24.6 Å². The zero-order chi connectivity index (χ0) is 25.2. The molecule has 0 bridgehead atoms. The van der Waals surface area contributed by atoms with E-state index in [-0.39, 0.29) is 32.5 Å². The van der Waals surface area contributed by atoms with Crippen molar-refractivity contribution in [3.05, 3.63) is 70.8 Å². The largest absolute Gasteiger partial charge is 0.392 e. The molecular formula is C20H36Cl7FO2P6. The Bertz CT molecular complexity index is 734. The molecule has 0 aliphatic carbocycles. The summed E-state index contributed by atoms with van der Waals surface area (Å²) < 4.78 is 5.54. The van der Waals surface area contributed by atoms with E-state index in [2.05, 4.69) is 19.1 Å². The minimum Gasteiger partial charge on any atom is -0.392 e. The first-order valence-corrected chi connectivity index (χ1v) is 21.9. The molecule has 0 saturated carbocycles. The molecule has 0 fully saturated rings. The van der Waals surface area contributed by atoms with Crippen LogP contribution in [0.2, 0.25) is 0 Å². The number of halogens is 8. The number of benzene rings is 2. The van der Waals surface area contributed by atoms with Gasteiger partial charge in [0.25, 0.3) is 0 Å². The van der Waals surface area contributed by atoms with E-state index >= 15 is 0 Å². The minimum absolute atomic E-state index is 0. The van der Waals surface area contributed by atoms with Crippen LogP contribution < -0.4 is 0 Å². The van der Waals surface area contributed by atoms with Crippen LogP contribution in [0.1, 0.15) is 23.7 Å². The SMILES string of the molecule is Cc1ccc(CO)cc1.Cc1ccc(COP(Cl)CCP(Cl)Cl)cc1.ClP(Cl)CCP(Cl)Cl.F.P.P.[3HH]. The smallest absolute Gasteiger partial charge is 0.125 e. The third kappa shape index (κ3) is 29.9. The van der Waals surface area contributed by atoms with E-state index < -0.39 is 27.4 Å². The van der Waals surface area contributed by atoms with Crippen LogP contribution in [0.3, 0.4) is 0 Å². The van der Waals surface area contributed by atoms with Crippen molar-refractivity contribution in [1.29, 1.82) is 0 Å². The molecule has 2 aromatic carbocycles. The topological polar surface area (TPSA) is 29.5 Å². The molecule has 0 aliphatic rings. The van der Waals surface area contributed by atoms with E-state index in [0.717, 1.165) is 35.8 Å². The molecule has 36 heavy (non-hydrogen) atoms. The third-order valence-electron chi connectivity index (χ3n) is 3.68. The van der Waals surface area contributed by atoms with Crippen LogP contribution in [0, 0.1) is 13.8 Å². The first-order chi connectivity index (χ1) is 15.5. The monoisotopic (exact) mass is 760 g/mol. The molecule has 0 aliphatic heterocycles. The van der Waals surface area contributed by atoms with Crippen molar-refractivity contribution in [1.82, 2.24) is 0 Å². The summed E-state index contributed by atoms with van der Waals surface area (Å²) in [5.41, 5.74) is 4.58. The Kier molecular flexibility index (Phi) is 37.5. The second-order valence-corrected chi connectivity index (χ2v) is 21.1. The summed E-state index contributed by atoms with van der Waals surface area (Å²) in [5.74, 6) is 0. The molecule has 0 radical (unpaired) electrons. The van der Waals surface area contributed by atoms with Crippen molar-refractivity contribution < 1.29 is 15.8 Å². The maximum absolute atomic E-state index is 8.63. The average Bonchev–Trinajstić information content (AvgIpc) is 2.77. The molecule has 0 amide bonds. The van der Waals surface area contributed by atoms with Gasteiger partial charge in [-0.1, -0.05) is 138 Å². The molecule has 0 heterocycles. The lowest BCUT2D eigenvalue weighted by molar-refractivity contribution is 0.282. The van der Waals surface area contributed by atoms with E-state index in [0.29, 0.717) is 6.61 Å². The zero-order valence-corrected chi connectivity index (χ0v) is 31.7. The summed E-state index contributed by atoms with van der Waals surface area (Å²) in [4.78, 5) is 0. The highest BCUT2D eigenvalue weighted by Crippen LogP contribution is 2.54. The van der Waals surface area contributed by atoms with Gasteiger partial charge in [-0.2, -0.15) is 19.8 Å². The molecule has 0 saturated heterocycles. The summed E-state index contributed by atoms with van der Waals surface area (Å²) in [5, 5.41) is 8.63. The average molecular weight is 764 g/mol. The molecule has 214 valence electrons. The minimum atomic E-state index is -0.925. The van der Waals surface area contributed by atoms with E-state index in [1.54, 1.807) is 0 Å². The Hall–Kier alpha value is 2.90. The van der Waals surface area contributed by atoms with Crippen molar-refractivity contribution >= 4 is 126 Å². The van der Waals surface area contributed by atoms with Gasteiger partial charge < -0.3 is 9.63 Å². The Morgan fingerprint density at radius 2 is 0.972 bits per heavy atom. The third-order valence-corrected chi connectivity index (χ3v) is 10.9. The van der Waals surface area contributed by atoms with Crippen molar-refractivity contribution in [2.24, 2.45) is 0 Å². The van der Waals surface area contributed by atoms with Crippen molar-refractivity contribution in [2.45, 2.75) is 27.1 Å². The van der Waals surface area contributed by atoms with Gasteiger partial charge in [0, 0.05) is 26.1 Å². The number of aliphatic hydroxyl groups excluding tert-OH is 1. The molecular weight excluding hydrogens is 725 g/mol. The first-order valence-electron chi connectivity index (χ1n) is 9.59. The maximum atomic E-state index is 8.63. The Balaban J connectivity index is -0.000000141. The van der Waals surface area contributed by atoms with Crippen LogP contribution >= 0.6 is 126 Å². The molecule has 1 N–H and O–H groups in total. The van der Waals surface area contributed by atoms with Gasteiger partial charge in [0.05, 0.1) is 33.1 Å². The van der Waals surface area contributed by atoms with E-state index in [1.807, 2.05) is 43.3 Å². The number of rotatable bonds is 10. The lowest BCUT2D eigenvalue weighted by atomic mass is 10.2. The molecule has 3 atom stereocenters. The zero-order valence-electron chi connectivity index (χ0n) is 20.0. The Labute approximate surface area is 262 Å².